The molecule has 0 saturated heterocycles. The lowest BCUT2D eigenvalue weighted by molar-refractivity contribution is -0.145. The van der Waals surface area contributed by atoms with Gasteiger partial charge in [-0.25, -0.2) is 9.78 Å². The van der Waals surface area contributed by atoms with Crippen LogP contribution in [0, 0.1) is 0 Å². The van der Waals surface area contributed by atoms with Crippen molar-refractivity contribution in [3.8, 4) is 5.75 Å². The average Bonchev–Trinajstić information content (AvgIpc) is 3.36. The zero-order valence-electron chi connectivity index (χ0n) is 18.2. The topological polar surface area (TPSA) is 122 Å². The Labute approximate surface area is 191 Å². The van der Waals surface area contributed by atoms with Gasteiger partial charge in [0.15, 0.2) is 6.61 Å². The van der Waals surface area contributed by atoms with Crippen LogP contribution in [0.5, 0.6) is 5.75 Å². The molecule has 0 fully saturated rings. The molecular weight excluding hydrogens is 424 g/mol. The van der Waals surface area contributed by atoms with Crippen LogP contribution in [0.3, 0.4) is 0 Å². The number of hydrogen-bond donors (Lipinski definition) is 3. The Morgan fingerprint density at radius 2 is 1.64 bits per heavy atom. The second-order valence-corrected chi connectivity index (χ2v) is 7.28. The minimum absolute atomic E-state index is 0.168. The van der Waals surface area contributed by atoms with Crippen molar-refractivity contribution >= 4 is 17.8 Å². The van der Waals surface area contributed by atoms with Gasteiger partial charge in [0.1, 0.15) is 17.8 Å². The molecule has 2 atom stereocenters. The van der Waals surface area contributed by atoms with E-state index >= 15 is 0 Å². The van der Waals surface area contributed by atoms with Crippen LogP contribution in [0.4, 0.5) is 0 Å². The van der Waals surface area contributed by atoms with Crippen LogP contribution in [-0.4, -0.2) is 53.6 Å². The number of amides is 2. The summed E-state index contributed by atoms with van der Waals surface area (Å²) in [5, 5.41) is 5.40. The van der Waals surface area contributed by atoms with Crippen LogP contribution in [0.2, 0.25) is 0 Å². The fourth-order valence-corrected chi connectivity index (χ4v) is 3.18. The summed E-state index contributed by atoms with van der Waals surface area (Å²) < 4.78 is 10.3. The summed E-state index contributed by atoms with van der Waals surface area (Å²) in [7, 11) is 1.25. The summed E-state index contributed by atoms with van der Waals surface area (Å²) in [4.78, 5) is 44.7. The van der Waals surface area contributed by atoms with Gasteiger partial charge in [-0.1, -0.05) is 48.5 Å². The normalized spacial score (nSPS) is 12.3. The molecule has 33 heavy (non-hydrogen) atoms. The first-order chi connectivity index (χ1) is 16.0. The molecule has 3 rings (SSSR count). The van der Waals surface area contributed by atoms with Crippen LogP contribution < -0.4 is 15.4 Å². The van der Waals surface area contributed by atoms with Crippen molar-refractivity contribution in [3.63, 3.8) is 0 Å². The number of methoxy groups -OCH3 is 1. The highest BCUT2D eigenvalue weighted by Crippen LogP contribution is 2.09. The maximum absolute atomic E-state index is 13.1. The van der Waals surface area contributed by atoms with Gasteiger partial charge in [0.2, 0.25) is 5.91 Å². The number of imidazole rings is 1. The highest BCUT2D eigenvalue weighted by Gasteiger charge is 2.28. The summed E-state index contributed by atoms with van der Waals surface area (Å²) >= 11 is 0. The number of aromatic amines is 1. The van der Waals surface area contributed by atoms with Gasteiger partial charge in [0.05, 0.1) is 13.4 Å². The van der Waals surface area contributed by atoms with Gasteiger partial charge in [-0.2, -0.15) is 0 Å². The minimum atomic E-state index is -0.946. The Morgan fingerprint density at radius 1 is 0.939 bits per heavy atom. The lowest BCUT2D eigenvalue weighted by atomic mass is 10.0. The van der Waals surface area contributed by atoms with E-state index in [1.165, 1.54) is 13.4 Å². The van der Waals surface area contributed by atoms with Crippen LogP contribution in [0.25, 0.3) is 0 Å². The van der Waals surface area contributed by atoms with E-state index in [9.17, 15) is 14.4 Å². The molecule has 0 aliphatic rings. The van der Waals surface area contributed by atoms with Gasteiger partial charge < -0.3 is 25.1 Å². The number of carbonyl (C=O) groups is 3. The smallest absolute Gasteiger partial charge is 0.328 e. The van der Waals surface area contributed by atoms with Crippen molar-refractivity contribution in [2.45, 2.75) is 24.9 Å². The first-order valence-electron chi connectivity index (χ1n) is 10.4. The summed E-state index contributed by atoms with van der Waals surface area (Å²) in [6.45, 7) is -0.253. The Hall–Kier alpha value is -4.14. The lowest BCUT2D eigenvalue weighted by Crippen LogP contribution is -2.54. The molecule has 3 aromatic rings. The van der Waals surface area contributed by atoms with E-state index < -0.39 is 29.9 Å². The van der Waals surface area contributed by atoms with E-state index in [-0.39, 0.29) is 19.4 Å². The fraction of sp³-hybridized carbons (Fsp3) is 0.250. The number of aromatic nitrogens is 2. The zero-order valence-corrected chi connectivity index (χ0v) is 18.2. The maximum Gasteiger partial charge on any atom is 0.328 e. The Balaban J connectivity index is 1.69. The third-order valence-electron chi connectivity index (χ3n) is 4.83. The molecule has 1 aromatic heterocycles. The summed E-state index contributed by atoms with van der Waals surface area (Å²) in [5.74, 6) is -1.03. The quantitative estimate of drug-likeness (QED) is 0.380. The number of esters is 1. The molecule has 0 radical (unpaired) electrons. The predicted octanol–water partition coefficient (Wildman–Crippen LogP) is 1.42. The van der Waals surface area contributed by atoms with E-state index in [0.29, 0.717) is 11.4 Å². The van der Waals surface area contributed by atoms with E-state index in [1.54, 1.807) is 30.5 Å². The van der Waals surface area contributed by atoms with Gasteiger partial charge in [0.25, 0.3) is 5.91 Å². The van der Waals surface area contributed by atoms with Gasteiger partial charge >= 0.3 is 5.97 Å². The average molecular weight is 450 g/mol. The molecule has 1 heterocycles. The van der Waals surface area contributed by atoms with Crippen LogP contribution in [0.1, 0.15) is 11.3 Å². The van der Waals surface area contributed by atoms with Crippen molar-refractivity contribution in [2.75, 3.05) is 13.7 Å². The predicted molar refractivity (Wildman–Crippen MR) is 120 cm³/mol. The van der Waals surface area contributed by atoms with Gasteiger partial charge in [-0.05, 0) is 17.7 Å². The summed E-state index contributed by atoms with van der Waals surface area (Å²) in [5.41, 5.74) is 1.51. The number of benzene rings is 2. The van der Waals surface area contributed by atoms with Crippen molar-refractivity contribution < 1.29 is 23.9 Å². The number of nitrogens with one attached hydrogen (secondary N) is 3. The van der Waals surface area contributed by atoms with E-state index in [2.05, 4.69) is 20.6 Å². The largest absolute Gasteiger partial charge is 0.484 e. The molecule has 0 aliphatic carbocycles. The van der Waals surface area contributed by atoms with Gasteiger partial charge in [-0.3, -0.25) is 9.59 Å². The highest BCUT2D eigenvalue weighted by molar-refractivity contribution is 5.91. The molecular formula is C24H26N4O5. The molecule has 9 heteroatoms. The van der Waals surface area contributed by atoms with Crippen molar-refractivity contribution in [1.29, 1.82) is 0 Å². The number of ether oxygens (including phenoxy) is 2. The van der Waals surface area contributed by atoms with Crippen molar-refractivity contribution in [3.05, 3.63) is 84.4 Å². The molecule has 0 saturated carbocycles. The molecule has 0 spiro atoms. The van der Waals surface area contributed by atoms with Crippen molar-refractivity contribution in [1.82, 2.24) is 20.6 Å². The first kappa shape index (κ1) is 23.5. The number of para-hydroxylation sites is 1. The van der Waals surface area contributed by atoms with Gasteiger partial charge in [0, 0.05) is 24.7 Å². The molecule has 0 unspecified atom stereocenters. The first-order valence-corrected chi connectivity index (χ1v) is 10.4. The number of H-pyrrole nitrogens is 1. The lowest BCUT2D eigenvalue weighted by Gasteiger charge is -2.22. The maximum atomic E-state index is 13.1. The molecule has 172 valence electrons. The molecule has 2 aromatic carbocycles. The summed E-state index contributed by atoms with van der Waals surface area (Å²) in [6, 6.07) is 16.3. The summed E-state index contributed by atoms with van der Waals surface area (Å²) in [6.07, 6.45) is 3.45. The number of nitrogens with zero attached hydrogens (tertiary/aromatic N) is 1. The second-order valence-electron chi connectivity index (χ2n) is 7.28. The zero-order chi connectivity index (χ0) is 23.5. The number of rotatable bonds is 11. The van der Waals surface area contributed by atoms with Crippen LogP contribution >= 0.6 is 0 Å². The standard InChI is InChI=1S/C24H26N4O5/c1-32-24(31)21(13-18-14-25-16-26-18)28-23(30)20(12-17-8-4-2-5-9-17)27-22(29)15-33-19-10-6-3-7-11-19/h2-11,14,16,20-21H,12-13,15H2,1H3,(H,25,26)(H,27,29)(H,28,30)/t20-,21-/m0/s1. The molecule has 9 nitrogen and oxygen atoms in total. The Bertz CT molecular complexity index is 1030. The molecule has 0 aliphatic heterocycles. The van der Waals surface area contributed by atoms with E-state index in [1.807, 2.05) is 36.4 Å². The Kier molecular flexibility index (Phi) is 8.58. The fourth-order valence-electron chi connectivity index (χ4n) is 3.18. The van der Waals surface area contributed by atoms with E-state index in [4.69, 9.17) is 9.47 Å². The minimum Gasteiger partial charge on any atom is -0.484 e. The number of carbonyl (C=O) groups excluding carboxylic acids is 3. The molecule has 3 N–H and O–H groups in total. The third-order valence-corrected chi connectivity index (χ3v) is 4.83. The molecule has 2 amide bonds. The SMILES string of the molecule is COC(=O)[C@H](Cc1cnc[nH]1)NC(=O)[C@H](Cc1ccccc1)NC(=O)COc1ccccc1. The van der Waals surface area contributed by atoms with Crippen LogP contribution in [-0.2, 0) is 32.0 Å². The second kappa shape index (κ2) is 12.0. The van der Waals surface area contributed by atoms with Crippen molar-refractivity contribution in [2.24, 2.45) is 0 Å². The number of hydrogen-bond acceptors (Lipinski definition) is 6. The van der Waals surface area contributed by atoms with Crippen LogP contribution in [0.15, 0.2) is 73.2 Å². The Morgan fingerprint density at radius 3 is 2.27 bits per heavy atom. The van der Waals surface area contributed by atoms with E-state index in [0.717, 1.165) is 5.56 Å². The van der Waals surface area contributed by atoms with Gasteiger partial charge in [-0.15, -0.1) is 0 Å². The monoisotopic (exact) mass is 450 g/mol. The third kappa shape index (κ3) is 7.49. The highest BCUT2D eigenvalue weighted by atomic mass is 16.5. The molecule has 0 bridgehead atoms.